The fourth-order valence-electron chi connectivity index (χ4n) is 2.95. The molecule has 1 unspecified atom stereocenters. The minimum atomic E-state index is -3.96. The summed E-state index contributed by atoms with van der Waals surface area (Å²) in [5.41, 5.74) is 1.66. The van der Waals surface area contributed by atoms with E-state index in [1.807, 2.05) is 13.0 Å². The number of aryl methyl sites for hydroxylation is 1. The number of thioether (sulfide) groups is 1. The van der Waals surface area contributed by atoms with E-state index in [1.165, 1.54) is 17.0 Å². The second-order valence-electron chi connectivity index (χ2n) is 6.65. The van der Waals surface area contributed by atoms with Crippen LogP contribution in [0, 0.1) is 0 Å². The maximum absolute atomic E-state index is 12.7. The number of hydrogen-bond donors (Lipinski definition) is 1. The van der Waals surface area contributed by atoms with E-state index in [4.69, 9.17) is 0 Å². The van der Waals surface area contributed by atoms with Crippen LogP contribution >= 0.6 is 11.8 Å². The number of amidine groups is 1. The van der Waals surface area contributed by atoms with Crippen molar-refractivity contribution >= 4 is 44.5 Å². The molecule has 0 aromatic heterocycles. The van der Waals surface area contributed by atoms with Gasteiger partial charge in [-0.05, 0) is 43.2 Å². The highest BCUT2D eigenvalue weighted by Gasteiger charge is 2.39. The average Bonchev–Trinajstić information content (AvgIpc) is 3.01. The first-order chi connectivity index (χ1) is 14.3. The Morgan fingerprint density at radius 3 is 2.37 bits per heavy atom. The molecule has 158 valence electrons. The highest BCUT2D eigenvalue weighted by atomic mass is 32.2. The minimum absolute atomic E-state index is 0.0703. The molecule has 1 fully saturated rings. The first-order valence-corrected chi connectivity index (χ1v) is 11.9. The van der Waals surface area contributed by atoms with E-state index >= 15 is 0 Å². The highest BCUT2D eigenvalue weighted by Crippen LogP contribution is 2.31. The lowest BCUT2D eigenvalue weighted by atomic mass is 10.2. The summed E-state index contributed by atoms with van der Waals surface area (Å²) in [6.45, 7) is 3.99. The van der Waals surface area contributed by atoms with Gasteiger partial charge in [-0.25, -0.2) is 0 Å². The molecule has 1 heterocycles. The molecule has 1 N–H and O–H groups in total. The Hall–Kier alpha value is -2.65. The van der Waals surface area contributed by atoms with Crippen LogP contribution in [-0.2, 0) is 26.0 Å². The van der Waals surface area contributed by atoms with E-state index in [9.17, 15) is 18.0 Å². The zero-order valence-electron chi connectivity index (χ0n) is 16.7. The number of benzene rings is 2. The SMILES string of the molecule is CCc1ccc(S(=O)(=O)/N=C2\SC(CC(=O)Nc3ccccc3)C(=O)N2CC)cc1. The first-order valence-electron chi connectivity index (χ1n) is 9.61. The highest BCUT2D eigenvalue weighted by molar-refractivity contribution is 8.16. The van der Waals surface area contributed by atoms with E-state index in [0.717, 1.165) is 23.7 Å². The summed E-state index contributed by atoms with van der Waals surface area (Å²) >= 11 is 1.01. The van der Waals surface area contributed by atoms with Gasteiger partial charge in [-0.3, -0.25) is 14.5 Å². The van der Waals surface area contributed by atoms with Crippen molar-refractivity contribution in [1.29, 1.82) is 0 Å². The van der Waals surface area contributed by atoms with Gasteiger partial charge in [0.2, 0.25) is 11.8 Å². The summed E-state index contributed by atoms with van der Waals surface area (Å²) in [6, 6.07) is 15.5. The van der Waals surface area contributed by atoms with Gasteiger partial charge in [0.05, 0.1) is 4.90 Å². The number of nitrogens with zero attached hydrogens (tertiary/aromatic N) is 2. The van der Waals surface area contributed by atoms with E-state index in [1.54, 1.807) is 43.3 Å². The third-order valence-corrected chi connectivity index (χ3v) is 7.16. The number of carbonyl (C=O) groups is 2. The fraction of sp³-hybridized carbons (Fsp3) is 0.286. The van der Waals surface area contributed by atoms with E-state index in [0.29, 0.717) is 5.69 Å². The Labute approximate surface area is 180 Å². The van der Waals surface area contributed by atoms with Crippen LogP contribution < -0.4 is 5.32 Å². The topological polar surface area (TPSA) is 95.9 Å². The Morgan fingerprint density at radius 1 is 1.10 bits per heavy atom. The van der Waals surface area contributed by atoms with Crippen LogP contribution in [0.4, 0.5) is 5.69 Å². The molecule has 9 heteroatoms. The van der Waals surface area contributed by atoms with Crippen molar-refractivity contribution in [1.82, 2.24) is 4.90 Å². The largest absolute Gasteiger partial charge is 0.326 e. The molecule has 1 atom stereocenters. The molecule has 7 nitrogen and oxygen atoms in total. The van der Waals surface area contributed by atoms with Crippen LogP contribution in [0.3, 0.4) is 0 Å². The molecule has 2 aromatic carbocycles. The average molecular weight is 446 g/mol. The number of amides is 2. The lowest BCUT2D eigenvalue weighted by molar-refractivity contribution is -0.128. The zero-order chi connectivity index (χ0) is 21.7. The second kappa shape index (κ2) is 9.44. The molecule has 2 aromatic rings. The van der Waals surface area contributed by atoms with Crippen LogP contribution in [-0.4, -0.2) is 42.1 Å². The summed E-state index contributed by atoms with van der Waals surface area (Å²) in [7, 11) is -3.96. The summed E-state index contributed by atoms with van der Waals surface area (Å²) in [4.78, 5) is 26.4. The number of carbonyl (C=O) groups excluding carboxylic acids is 2. The van der Waals surface area contributed by atoms with Crippen LogP contribution in [0.25, 0.3) is 0 Å². The molecular formula is C21H23N3O4S2. The molecule has 0 spiro atoms. The van der Waals surface area contributed by atoms with Crippen molar-refractivity contribution in [2.24, 2.45) is 4.40 Å². The summed E-state index contributed by atoms with van der Waals surface area (Å²) in [6.07, 6.45) is 0.731. The van der Waals surface area contributed by atoms with Gasteiger partial charge in [-0.2, -0.15) is 8.42 Å². The third-order valence-electron chi connectivity index (χ3n) is 4.59. The summed E-state index contributed by atoms with van der Waals surface area (Å²) in [5.74, 6) is -0.636. The van der Waals surface area contributed by atoms with E-state index in [2.05, 4.69) is 9.71 Å². The Kier molecular flexibility index (Phi) is 6.94. The number of para-hydroxylation sites is 1. The smallest absolute Gasteiger partial charge is 0.284 e. The van der Waals surface area contributed by atoms with Crippen molar-refractivity contribution in [2.75, 3.05) is 11.9 Å². The molecule has 0 radical (unpaired) electrons. The van der Waals surface area contributed by atoms with Gasteiger partial charge in [0.1, 0.15) is 5.25 Å². The summed E-state index contributed by atoms with van der Waals surface area (Å²) in [5, 5.41) is 2.12. The van der Waals surface area contributed by atoms with Crippen molar-refractivity contribution in [3.05, 3.63) is 60.2 Å². The molecule has 1 aliphatic heterocycles. The van der Waals surface area contributed by atoms with Crippen molar-refractivity contribution in [2.45, 2.75) is 36.8 Å². The second-order valence-corrected chi connectivity index (χ2v) is 9.43. The predicted molar refractivity (Wildman–Crippen MR) is 119 cm³/mol. The van der Waals surface area contributed by atoms with Crippen LogP contribution in [0.15, 0.2) is 63.9 Å². The quantitative estimate of drug-likeness (QED) is 0.706. The molecule has 1 saturated heterocycles. The van der Waals surface area contributed by atoms with Gasteiger partial charge >= 0.3 is 0 Å². The number of hydrogen-bond acceptors (Lipinski definition) is 5. The Balaban J connectivity index is 1.76. The van der Waals surface area contributed by atoms with Crippen molar-refractivity contribution in [3.63, 3.8) is 0 Å². The maximum atomic E-state index is 12.7. The molecule has 0 saturated carbocycles. The van der Waals surface area contributed by atoms with Gasteiger partial charge < -0.3 is 5.32 Å². The molecule has 3 rings (SSSR count). The molecule has 2 amide bonds. The van der Waals surface area contributed by atoms with Gasteiger partial charge in [-0.1, -0.05) is 49.0 Å². The molecule has 1 aliphatic rings. The predicted octanol–water partition coefficient (Wildman–Crippen LogP) is 3.29. The molecule has 30 heavy (non-hydrogen) atoms. The van der Waals surface area contributed by atoms with Crippen LogP contribution in [0.2, 0.25) is 0 Å². The minimum Gasteiger partial charge on any atom is -0.326 e. The Morgan fingerprint density at radius 2 is 1.77 bits per heavy atom. The van der Waals surface area contributed by atoms with Crippen molar-refractivity contribution in [3.8, 4) is 0 Å². The van der Waals surface area contributed by atoms with Crippen LogP contribution in [0.5, 0.6) is 0 Å². The van der Waals surface area contributed by atoms with Gasteiger partial charge in [0, 0.05) is 18.7 Å². The number of anilines is 1. The lowest BCUT2D eigenvalue weighted by Crippen LogP contribution is -2.33. The standard InChI is InChI=1S/C21H23N3O4S2/c1-3-15-10-12-17(13-11-15)30(27,28)23-21-24(4-2)20(26)18(29-21)14-19(25)22-16-8-6-5-7-9-16/h5-13,18H,3-4,14H2,1-2H3,(H,22,25)/b23-21-. The van der Waals surface area contributed by atoms with E-state index in [-0.39, 0.29) is 34.8 Å². The van der Waals surface area contributed by atoms with Crippen molar-refractivity contribution < 1.29 is 18.0 Å². The molecular weight excluding hydrogens is 422 g/mol. The zero-order valence-corrected chi connectivity index (χ0v) is 18.4. The lowest BCUT2D eigenvalue weighted by Gasteiger charge is -2.13. The van der Waals surface area contributed by atoms with Crippen LogP contribution in [0.1, 0.15) is 25.8 Å². The normalized spacial score (nSPS) is 18.1. The number of nitrogens with one attached hydrogen (secondary N) is 1. The van der Waals surface area contributed by atoms with E-state index < -0.39 is 15.3 Å². The molecule has 0 aliphatic carbocycles. The third kappa shape index (κ3) is 5.09. The monoisotopic (exact) mass is 445 g/mol. The molecule has 0 bridgehead atoms. The number of rotatable bonds is 7. The van der Waals surface area contributed by atoms with Gasteiger partial charge in [0.25, 0.3) is 10.0 Å². The fourth-order valence-corrected chi connectivity index (χ4v) is 5.37. The number of sulfonamides is 1. The first kappa shape index (κ1) is 22.0. The Bertz CT molecular complexity index is 1050. The van der Waals surface area contributed by atoms with Gasteiger partial charge in [-0.15, -0.1) is 4.40 Å². The maximum Gasteiger partial charge on any atom is 0.284 e. The summed E-state index contributed by atoms with van der Waals surface area (Å²) < 4.78 is 29.3. The van der Waals surface area contributed by atoms with Gasteiger partial charge in [0.15, 0.2) is 5.17 Å².